The van der Waals surface area contributed by atoms with E-state index in [0.29, 0.717) is 15.7 Å². The van der Waals surface area contributed by atoms with E-state index in [9.17, 15) is 4.79 Å². The minimum Gasteiger partial charge on any atom is -0.323 e. The van der Waals surface area contributed by atoms with Gasteiger partial charge in [0.15, 0.2) is 0 Å². The Balaban J connectivity index is 2.08. The van der Waals surface area contributed by atoms with E-state index in [2.05, 4.69) is 15.5 Å². The van der Waals surface area contributed by atoms with E-state index < -0.39 is 0 Å². The summed E-state index contributed by atoms with van der Waals surface area (Å²) in [5.74, 6) is -0.280. The zero-order chi connectivity index (χ0) is 13.8. The number of nitrogens with zero attached hydrogens (tertiary/aromatic N) is 4. The van der Waals surface area contributed by atoms with Gasteiger partial charge in [-0.3, -0.25) is 9.36 Å². The third-order valence-corrected chi connectivity index (χ3v) is 2.78. The number of rotatable bonds is 3. The number of halogens is 2. The van der Waals surface area contributed by atoms with Gasteiger partial charge in [-0.2, -0.15) is 5.26 Å². The first-order valence-electron chi connectivity index (χ1n) is 5.13. The van der Waals surface area contributed by atoms with Crippen molar-refractivity contribution in [3.63, 3.8) is 0 Å². The van der Waals surface area contributed by atoms with Crippen molar-refractivity contribution in [2.24, 2.45) is 0 Å². The van der Waals surface area contributed by atoms with Crippen LogP contribution in [-0.2, 0) is 11.3 Å². The summed E-state index contributed by atoms with van der Waals surface area (Å²) in [6.45, 7) is -0.0746. The van der Waals surface area contributed by atoms with E-state index in [1.807, 2.05) is 6.07 Å². The number of aromatic nitrogens is 3. The molecule has 2 aromatic rings. The molecule has 0 atom stereocenters. The Kier molecular flexibility index (Phi) is 4.00. The molecule has 8 heteroatoms. The lowest BCUT2D eigenvalue weighted by molar-refractivity contribution is -0.116. The van der Waals surface area contributed by atoms with Crippen LogP contribution in [0.5, 0.6) is 0 Å². The highest BCUT2D eigenvalue weighted by Crippen LogP contribution is 2.25. The molecule has 0 spiro atoms. The van der Waals surface area contributed by atoms with E-state index in [1.54, 1.807) is 12.1 Å². The van der Waals surface area contributed by atoms with Gasteiger partial charge in [0.05, 0.1) is 10.7 Å². The number of carbonyl (C=O) groups excluding carboxylic acids is 1. The molecule has 0 aliphatic carbocycles. The maximum Gasteiger partial charge on any atom is 0.244 e. The van der Waals surface area contributed by atoms with E-state index in [0.717, 1.165) is 0 Å². The number of amides is 1. The molecule has 0 radical (unpaired) electrons. The summed E-state index contributed by atoms with van der Waals surface area (Å²) in [5, 5.41) is 19.3. The van der Waals surface area contributed by atoms with Crippen LogP contribution in [0.2, 0.25) is 10.0 Å². The minimum absolute atomic E-state index is 0.0670. The molecule has 6 nitrogen and oxygen atoms in total. The van der Waals surface area contributed by atoms with Gasteiger partial charge in [0.1, 0.15) is 18.9 Å². The van der Waals surface area contributed by atoms with Crippen molar-refractivity contribution in [2.45, 2.75) is 6.54 Å². The molecule has 1 aromatic heterocycles. The second-order valence-corrected chi connectivity index (χ2v) is 4.41. The van der Waals surface area contributed by atoms with Crippen molar-refractivity contribution in [3.8, 4) is 6.07 Å². The van der Waals surface area contributed by atoms with E-state index in [-0.39, 0.29) is 18.3 Å². The van der Waals surface area contributed by atoms with Crippen LogP contribution in [-0.4, -0.2) is 20.7 Å². The average molecular weight is 296 g/mol. The van der Waals surface area contributed by atoms with Crippen molar-refractivity contribution in [2.75, 3.05) is 5.32 Å². The normalized spacial score (nSPS) is 9.95. The van der Waals surface area contributed by atoms with Crippen LogP contribution < -0.4 is 5.32 Å². The van der Waals surface area contributed by atoms with Gasteiger partial charge in [0, 0.05) is 5.02 Å². The lowest BCUT2D eigenvalue weighted by Crippen LogP contribution is -2.19. The molecule has 0 aliphatic rings. The molecular formula is C11H7Cl2N5O. The summed E-state index contributed by atoms with van der Waals surface area (Å²) >= 11 is 11.7. The summed E-state index contributed by atoms with van der Waals surface area (Å²) in [6, 6.07) is 6.57. The molecule has 0 bridgehead atoms. The molecule has 2 rings (SSSR count). The molecule has 1 heterocycles. The zero-order valence-electron chi connectivity index (χ0n) is 9.47. The number of nitrogens with one attached hydrogen (secondary N) is 1. The molecule has 0 saturated heterocycles. The summed E-state index contributed by atoms with van der Waals surface area (Å²) in [7, 11) is 0. The van der Waals surface area contributed by atoms with Crippen LogP contribution in [0.1, 0.15) is 5.82 Å². The molecule has 1 N–H and O–H groups in total. The predicted molar refractivity (Wildman–Crippen MR) is 69.8 cm³/mol. The Labute approximate surface area is 118 Å². The molecule has 0 unspecified atom stereocenters. The summed E-state index contributed by atoms with van der Waals surface area (Å²) < 4.78 is 1.33. The van der Waals surface area contributed by atoms with Gasteiger partial charge in [-0.1, -0.05) is 23.2 Å². The van der Waals surface area contributed by atoms with Crippen molar-refractivity contribution >= 4 is 34.8 Å². The first-order chi connectivity index (χ1) is 9.10. The molecule has 96 valence electrons. The summed E-state index contributed by atoms with van der Waals surface area (Å²) in [4.78, 5) is 11.8. The fourth-order valence-corrected chi connectivity index (χ4v) is 1.85. The van der Waals surface area contributed by atoms with Crippen LogP contribution >= 0.6 is 23.2 Å². The fourth-order valence-electron chi connectivity index (χ4n) is 1.39. The smallest absolute Gasteiger partial charge is 0.244 e. The van der Waals surface area contributed by atoms with E-state index in [4.69, 9.17) is 28.5 Å². The Hall–Kier alpha value is -2.10. The van der Waals surface area contributed by atoms with Gasteiger partial charge in [0.2, 0.25) is 11.7 Å². The van der Waals surface area contributed by atoms with Gasteiger partial charge in [-0.15, -0.1) is 10.2 Å². The van der Waals surface area contributed by atoms with Crippen LogP contribution in [0, 0.1) is 11.3 Å². The Morgan fingerprint density at radius 2 is 2.26 bits per heavy atom. The first-order valence-corrected chi connectivity index (χ1v) is 5.88. The molecule has 0 fully saturated rings. The molecule has 0 saturated carbocycles. The van der Waals surface area contributed by atoms with E-state index in [1.165, 1.54) is 17.0 Å². The lowest BCUT2D eigenvalue weighted by atomic mass is 10.3. The highest BCUT2D eigenvalue weighted by molar-refractivity contribution is 6.36. The van der Waals surface area contributed by atoms with Crippen molar-refractivity contribution < 1.29 is 4.79 Å². The lowest BCUT2D eigenvalue weighted by Gasteiger charge is -2.07. The predicted octanol–water partition coefficient (Wildman–Crippen LogP) is 2.10. The number of hydrogen-bond acceptors (Lipinski definition) is 4. The average Bonchev–Trinajstić information content (AvgIpc) is 2.80. The SMILES string of the molecule is N#Cc1nncn1CC(=O)Nc1ccc(Cl)cc1Cl. The van der Waals surface area contributed by atoms with Crippen LogP contribution in [0.15, 0.2) is 24.5 Å². The topological polar surface area (TPSA) is 83.6 Å². The number of benzene rings is 1. The third-order valence-electron chi connectivity index (χ3n) is 2.23. The maximum absolute atomic E-state index is 11.8. The standard InChI is InChI=1S/C11H7Cl2N5O/c12-7-1-2-9(8(13)3-7)16-11(19)5-18-6-15-17-10(18)4-14/h1-3,6H,5H2,(H,16,19). The largest absolute Gasteiger partial charge is 0.323 e. The second kappa shape index (κ2) is 5.69. The van der Waals surface area contributed by atoms with Gasteiger partial charge in [0.25, 0.3) is 0 Å². The maximum atomic E-state index is 11.8. The zero-order valence-corrected chi connectivity index (χ0v) is 11.0. The van der Waals surface area contributed by atoms with Gasteiger partial charge >= 0.3 is 0 Å². The highest BCUT2D eigenvalue weighted by atomic mass is 35.5. The van der Waals surface area contributed by atoms with E-state index >= 15 is 0 Å². The Morgan fingerprint density at radius 3 is 2.95 bits per heavy atom. The van der Waals surface area contributed by atoms with Crippen molar-refractivity contribution in [1.82, 2.24) is 14.8 Å². The van der Waals surface area contributed by atoms with Gasteiger partial charge in [-0.05, 0) is 18.2 Å². The Morgan fingerprint density at radius 1 is 1.47 bits per heavy atom. The van der Waals surface area contributed by atoms with Crippen LogP contribution in [0.4, 0.5) is 5.69 Å². The number of nitriles is 1. The van der Waals surface area contributed by atoms with Crippen LogP contribution in [0.25, 0.3) is 0 Å². The monoisotopic (exact) mass is 295 g/mol. The second-order valence-electron chi connectivity index (χ2n) is 3.57. The van der Waals surface area contributed by atoms with Crippen molar-refractivity contribution in [1.29, 1.82) is 5.26 Å². The third kappa shape index (κ3) is 3.22. The quantitative estimate of drug-likeness (QED) is 0.940. The molecule has 19 heavy (non-hydrogen) atoms. The first kappa shape index (κ1) is 13.3. The molecule has 1 amide bonds. The van der Waals surface area contributed by atoms with Crippen LogP contribution in [0.3, 0.4) is 0 Å². The van der Waals surface area contributed by atoms with Gasteiger partial charge < -0.3 is 5.32 Å². The van der Waals surface area contributed by atoms with Gasteiger partial charge in [-0.25, -0.2) is 0 Å². The molecule has 1 aromatic carbocycles. The highest BCUT2D eigenvalue weighted by Gasteiger charge is 2.10. The number of carbonyl (C=O) groups is 1. The Bertz CT molecular complexity index is 661. The minimum atomic E-state index is -0.347. The molecular weight excluding hydrogens is 289 g/mol. The molecule has 0 aliphatic heterocycles. The summed E-state index contributed by atoms with van der Waals surface area (Å²) in [6.07, 6.45) is 1.31. The number of hydrogen-bond donors (Lipinski definition) is 1. The van der Waals surface area contributed by atoms with Crippen molar-refractivity contribution in [3.05, 3.63) is 40.4 Å². The number of anilines is 1. The fraction of sp³-hybridized carbons (Fsp3) is 0.0909. The summed E-state index contributed by atoms with van der Waals surface area (Å²) in [5.41, 5.74) is 0.447.